The second-order valence-electron chi connectivity index (χ2n) is 4.66. The minimum Gasteiger partial charge on any atom is -0.390 e. The first-order chi connectivity index (χ1) is 7.81. The van der Waals surface area contributed by atoms with Crippen molar-refractivity contribution in [2.75, 3.05) is 13.6 Å². The topological polar surface area (TPSA) is 41.3 Å². The molecule has 1 aromatic rings. The van der Waals surface area contributed by atoms with Gasteiger partial charge in [-0.1, -0.05) is 12.8 Å². The lowest BCUT2D eigenvalue weighted by atomic mass is 10.2. The van der Waals surface area contributed by atoms with E-state index in [-0.39, 0.29) is 6.61 Å². The number of nitrogens with zero attached hydrogens (tertiary/aromatic N) is 3. The van der Waals surface area contributed by atoms with Gasteiger partial charge in [0.2, 0.25) is 0 Å². The molecule has 0 radical (unpaired) electrons. The first-order valence-electron chi connectivity index (χ1n) is 6.11. The first kappa shape index (κ1) is 11.6. The summed E-state index contributed by atoms with van der Waals surface area (Å²) in [5.41, 5.74) is 0.903. The molecule has 4 nitrogen and oxygen atoms in total. The van der Waals surface area contributed by atoms with Gasteiger partial charge in [-0.25, -0.2) is 4.98 Å². The number of aliphatic hydroxyl groups is 1. The van der Waals surface area contributed by atoms with E-state index in [0.717, 1.165) is 24.8 Å². The number of likely N-dealkylation sites (N-methyl/N-ethyl adjacent to an activating group) is 1. The predicted octanol–water partition coefficient (Wildman–Crippen LogP) is 1.25. The number of aliphatic hydroxyl groups excluding tert-OH is 1. The van der Waals surface area contributed by atoms with Gasteiger partial charge in [0, 0.05) is 19.1 Å². The average Bonchev–Trinajstić information content (AvgIpc) is 2.96. The van der Waals surface area contributed by atoms with Crippen LogP contribution >= 0.6 is 0 Å². The molecule has 0 amide bonds. The molecule has 0 aromatic carbocycles. The molecule has 1 aliphatic carbocycles. The zero-order valence-corrected chi connectivity index (χ0v) is 9.97. The van der Waals surface area contributed by atoms with E-state index in [0.29, 0.717) is 0 Å². The van der Waals surface area contributed by atoms with Gasteiger partial charge in [0.15, 0.2) is 0 Å². The smallest absolute Gasteiger partial charge is 0.0949 e. The van der Waals surface area contributed by atoms with Gasteiger partial charge in [0.05, 0.1) is 24.8 Å². The Labute approximate surface area is 96.9 Å². The minimum atomic E-state index is 0.0765. The molecule has 0 atom stereocenters. The van der Waals surface area contributed by atoms with E-state index >= 15 is 0 Å². The lowest BCUT2D eigenvalue weighted by Crippen LogP contribution is -2.32. The van der Waals surface area contributed by atoms with E-state index in [4.69, 9.17) is 5.11 Å². The van der Waals surface area contributed by atoms with Crippen LogP contribution in [0.4, 0.5) is 0 Å². The Morgan fingerprint density at radius 2 is 2.25 bits per heavy atom. The van der Waals surface area contributed by atoms with Gasteiger partial charge >= 0.3 is 0 Å². The van der Waals surface area contributed by atoms with Gasteiger partial charge in [-0.15, -0.1) is 0 Å². The molecule has 0 saturated heterocycles. The second-order valence-corrected chi connectivity index (χ2v) is 4.66. The Morgan fingerprint density at radius 3 is 2.94 bits per heavy atom. The van der Waals surface area contributed by atoms with Crippen LogP contribution in [0.2, 0.25) is 0 Å². The summed E-state index contributed by atoms with van der Waals surface area (Å²) in [4.78, 5) is 6.49. The van der Waals surface area contributed by atoms with E-state index in [1.54, 1.807) is 12.5 Å². The fourth-order valence-electron chi connectivity index (χ4n) is 2.47. The molecule has 2 rings (SSSR count). The molecule has 1 fully saturated rings. The molecule has 1 aromatic heterocycles. The SMILES string of the molecule is CN(CCn1cncc1CO)C1CCCC1. The molecule has 4 heteroatoms. The fraction of sp³-hybridized carbons (Fsp3) is 0.750. The van der Waals surface area contributed by atoms with Gasteiger partial charge in [-0.05, 0) is 19.9 Å². The molecule has 0 unspecified atom stereocenters. The Morgan fingerprint density at radius 1 is 1.50 bits per heavy atom. The zero-order chi connectivity index (χ0) is 11.4. The van der Waals surface area contributed by atoms with Crippen LogP contribution in [-0.4, -0.2) is 39.2 Å². The average molecular weight is 223 g/mol. The van der Waals surface area contributed by atoms with Crippen LogP contribution < -0.4 is 0 Å². The van der Waals surface area contributed by atoms with E-state index in [9.17, 15) is 0 Å². The van der Waals surface area contributed by atoms with Crippen LogP contribution in [0, 0.1) is 0 Å². The van der Waals surface area contributed by atoms with Crippen molar-refractivity contribution in [1.29, 1.82) is 0 Å². The molecule has 1 N–H and O–H groups in total. The molecule has 0 bridgehead atoms. The summed E-state index contributed by atoms with van der Waals surface area (Å²) in [7, 11) is 2.20. The highest BCUT2D eigenvalue weighted by Gasteiger charge is 2.19. The highest BCUT2D eigenvalue weighted by Crippen LogP contribution is 2.22. The summed E-state index contributed by atoms with van der Waals surface area (Å²) < 4.78 is 2.03. The van der Waals surface area contributed by atoms with Crippen LogP contribution in [0.15, 0.2) is 12.5 Å². The molecular formula is C12H21N3O. The third kappa shape index (κ3) is 2.62. The van der Waals surface area contributed by atoms with Gasteiger partial charge in [0.25, 0.3) is 0 Å². The predicted molar refractivity (Wildman–Crippen MR) is 63.0 cm³/mol. The highest BCUT2D eigenvalue weighted by molar-refractivity contribution is 4.96. The Bertz CT molecular complexity index is 318. The summed E-state index contributed by atoms with van der Waals surface area (Å²) in [6.07, 6.45) is 8.97. The normalized spacial score (nSPS) is 17.4. The van der Waals surface area contributed by atoms with Crippen molar-refractivity contribution >= 4 is 0 Å². The summed E-state index contributed by atoms with van der Waals surface area (Å²) in [6.45, 7) is 2.03. The van der Waals surface area contributed by atoms with Crippen LogP contribution in [0.25, 0.3) is 0 Å². The first-order valence-corrected chi connectivity index (χ1v) is 6.11. The highest BCUT2D eigenvalue weighted by atomic mass is 16.3. The summed E-state index contributed by atoms with van der Waals surface area (Å²) in [6, 6.07) is 0.765. The third-order valence-electron chi connectivity index (χ3n) is 3.60. The molecular weight excluding hydrogens is 202 g/mol. The van der Waals surface area contributed by atoms with Crippen LogP contribution in [0.5, 0.6) is 0 Å². The quantitative estimate of drug-likeness (QED) is 0.817. The Balaban J connectivity index is 1.82. The van der Waals surface area contributed by atoms with Crippen molar-refractivity contribution in [3.63, 3.8) is 0 Å². The maximum Gasteiger partial charge on any atom is 0.0949 e. The van der Waals surface area contributed by atoms with Crippen LogP contribution in [-0.2, 0) is 13.2 Å². The summed E-state index contributed by atoms with van der Waals surface area (Å²) in [5, 5.41) is 9.11. The number of hydrogen-bond donors (Lipinski definition) is 1. The molecule has 90 valence electrons. The van der Waals surface area contributed by atoms with Crippen LogP contribution in [0.3, 0.4) is 0 Å². The van der Waals surface area contributed by atoms with Gasteiger partial charge in [-0.2, -0.15) is 0 Å². The Kier molecular flexibility index (Phi) is 3.96. The number of aromatic nitrogens is 2. The van der Waals surface area contributed by atoms with Crippen molar-refractivity contribution in [3.8, 4) is 0 Å². The molecule has 0 aliphatic heterocycles. The number of imidazole rings is 1. The molecule has 16 heavy (non-hydrogen) atoms. The molecule has 0 spiro atoms. The van der Waals surface area contributed by atoms with E-state index < -0.39 is 0 Å². The van der Waals surface area contributed by atoms with Crippen LogP contribution in [0.1, 0.15) is 31.4 Å². The van der Waals surface area contributed by atoms with Crippen molar-refractivity contribution in [2.24, 2.45) is 0 Å². The minimum absolute atomic E-state index is 0.0765. The third-order valence-corrected chi connectivity index (χ3v) is 3.60. The lowest BCUT2D eigenvalue weighted by molar-refractivity contribution is 0.229. The standard InChI is InChI=1S/C12H21N3O/c1-14(11-4-2-3-5-11)6-7-15-10-13-8-12(15)9-16/h8,10-11,16H,2-7,9H2,1H3. The molecule has 1 saturated carbocycles. The number of rotatable bonds is 5. The van der Waals surface area contributed by atoms with Gasteiger partial charge < -0.3 is 14.6 Å². The van der Waals surface area contributed by atoms with E-state index in [1.165, 1.54) is 25.7 Å². The van der Waals surface area contributed by atoms with Crippen molar-refractivity contribution in [2.45, 2.75) is 44.9 Å². The van der Waals surface area contributed by atoms with Crippen molar-refractivity contribution in [3.05, 3.63) is 18.2 Å². The fourth-order valence-corrected chi connectivity index (χ4v) is 2.47. The Hall–Kier alpha value is -0.870. The second kappa shape index (κ2) is 5.46. The summed E-state index contributed by atoms with van der Waals surface area (Å²) >= 11 is 0. The lowest BCUT2D eigenvalue weighted by Gasteiger charge is -2.24. The van der Waals surface area contributed by atoms with E-state index in [1.807, 2.05) is 4.57 Å². The number of hydrogen-bond acceptors (Lipinski definition) is 3. The summed E-state index contributed by atoms with van der Waals surface area (Å²) in [5.74, 6) is 0. The van der Waals surface area contributed by atoms with E-state index in [2.05, 4.69) is 16.9 Å². The maximum absolute atomic E-state index is 9.11. The zero-order valence-electron chi connectivity index (χ0n) is 9.97. The van der Waals surface area contributed by atoms with Gasteiger partial charge in [0.1, 0.15) is 0 Å². The van der Waals surface area contributed by atoms with Crippen molar-refractivity contribution in [1.82, 2.24) is 14.5 Å². The van der Waals surface area contributed by atoms with Gasteiger partial charge in [-0.3, -0.25) is 0 Å². The largest absolute Gasteiger partial charge is 0.390 e. The molecule has 1 heterocycles. The monoisotopic (exact) mass is 223 g/mol. The maximum atomic E-state index is 9.11. The molecule has 1 aliphatic rings. The van der Waals surface area contributed by atoms with Crippen molar-refractivity contribution < 1.29 is 5.11 Å².